The van der Waals surface area contributed by atoms with Crippen molar-refractivity contribution in [3.8, 4) is 0 Å². The Kier molecular flexibility index (Phi) is 4.42. The van der Waals surface area contributed by atoms with Crippen molar-refractivity contribution in [2.45, 2.75) is 58.4 Å². The van der Waals surface area contributed by atoms with E-state index in [0.29, 0.717) is 29.7 Å². The third-order valence-electron chi connectivity index (χ3n) is 6.58. The van der Waals surface area contributed by atoms with E-state index in [1.807, 2.05) is 20.9 Å². The number of hydrogen-bond acceptors (Lipinski definition) is 4. The third kappa shape index (κ3) is 3.25. The molecule has 5 nitrogen and oxygen atoms in total. The van der Waals surface area contributed by atoms with E-state index in [2.05, 4.69) is 25.8 Å². The Morgan fingerprint density at radius 1 is 1.08 bits per heavy atom. The van der Waals surface area contributed by atoms with Crippen LogP contribution in [0.1, 0.15) is 50.0 Å². The Bertz CT molecular complexity index is 621. The topological polar surface area (TPSA) is 49.3 Å². The lowest BCUT2D eigenvalue weighted by Gasteiger charge is -2.37. The van der Waals surface area contributed by atoms with E-state index in [1.54, 1.807) is 0 Å². The fraction of sp³-hybridized carbons (Fsp3) is 0.750. The zero-order valence-electron chi connectivity index (χ0n) is 15.7. The van der Waals surface area contributed by atoms with Gasteiger partial charge >= 0.3 is 0 Å². The van der Waals surface area contributed by atoms with Gasteiger partial charge in [0, 0.05) is 43.9 Å². The summed E-state index contributed by atoms with van der Waals surface area (Å²) < 4.78 is 0. The van der Waals surface area contributed by atoms with Gasteiger partial charge in [0.05, 0.1) is 0 Å². The van der Waals surface area contributed by atoms with Gasteiger partial charge in [0.1, 0.15) is 11.6 Å². The molecule has 2 unspecified atom stereocenters. The van der Waals surface area contributed by atoms with Gasteiger partial charge in [-0.2, -0.15) is 0 Å². The normalized spacial score (nSPS) is 29.2. The fourth-order valence-corrected chi connectivity index (χ4v) is 5.12. The van der Waals surface area contributed by atoms with E-state index >= 15 is 0 Å². The van der Waals surface area contributed by atoms with Crippen LogP contribution in [0.5, 0.6) is 0 Å². The van der Waals surface area contributed by atoms with E-state index in [9.17, 15) is 4.79 Å². The lowest BCUT2D eigenvalue weighted by molar-refractivity contribution is -0.134. The quantitative estimate of drug-likeness (QED) is 0.847. The average Bonchev–Trinajstić information content (AvgIpc) is 3.34. The Morgan fingerprint density at radius 3 is 2.32 bits per heavy atom. The van der Waals surface area contributed by atoms with Gasteiger partial charge in [-0.05, 0) is 51.4 Å². The average molecular weight is 342 g/mol. The summed E-state index contributed by atoms with van der Waals surface area (Å²) in [6.45, 7) is 5.91. The Balaban J connectivity index is 1.34. The molecule has 3 aliphatic rings. The summed E-state index contributed by atoms with van der Waals surface area (Å²) in [6, 6.07) is 2.45. The van der Waals surface area contributed by atoms with Crippen LogP contribution in [0.4, 0.5) is 5.82 Å². The maximum Gasteiger partial charge on any atom is 0.226 e. The maximum absolute atomic E-state index is 12.9. The number of aromatic nitrogens is 2. The number of anilines is 1. The smallest absolute Gasteiger partial charge is 0.226 e. The van der Waals surface area contributed by atoms with Crippen LogP contribution < -0.4 is 4.90 Å². The number of nitrogens with zero attached hydrogens (tertiary/aromatic N) is 4. The standard InChI is InChI=1S/C20H30N4O/c1-13-12-18(22-14(2)21-13)24-10-8-15(9-11-24)23(3)20(25)19-16-6-4-5-7-17(16)19/h12,15-17,19H,4-11H2,1-3H3. The summed E-state index contributed by atoms with van der Waals surface area (Å²) in [6.07, 6.45) is 7.27. The lowest BCUT2D eigenvalue weighted by Crippen LogP contribution is -2.46. The molecule has 2 atom stereocenters. The number of piperidine rings is 1. The van der Waals surface area contributed by atoms with Crippen molar-refractivity contribution in [2.24, 2.45) is 17.8 Å². The summed E-state index contributed by atoms with van der Waals surface area (Å²) in [5, 5.41) is 0. The first-order valence-corrected chi connectivity index (χ1v) is 9.88. The van der Waals surface area contributed by atoms with Crippen LogP contribution >= 0.6 is 0 Å². The van der Waals surface area contributed by atoms with E-state index in [1.165, 1.54) is 25.7 Å². The number of rotatable bonds is 3. The Hall–Kier alpha value is -1.65. The van der Waals surface area contributed by atoms with Gasteiger partial charge in [-0.1, -0.05) is 12.8 Å². The first-order valence-electron chi connectivity index (χ1n) is 9.88. The summed E-state index contributed by atoms with van der Waals surface area (Å²) in [5.74, 6) is 4.04. The molecule has 2 saturated carbocycles. The predicted molar refractivity (Wildman–Crippen MR) is 98.4 cm³/mol. The minimum atomic E-state index is 0.345. The minimum Gasteiger partial charge on any atom is -0.356 e. The van der Waals surface area contributed by atoms with Crippen molar-refractivity contribution < 1.29 is 4.79 Å². The molecule has 2 heterocycles. The van der Waals surface area contributed by atoms with E-state index in [0.717, 1.165) is 43.3 Å². The number of fused-ring (bicyclic) bond motifs is 1. The highest BCUT2D eigenvalue weighted by Gasteiger charge is 2.55. The lowest BCUT2D eigenvalue weighted by atomic mass is 10.0. The molecule has 136 valence electrons. The minimum absolute atomic E-state index is 0.345. The van der Waals surface area contributed by atoms with E-state index < -0.39 is 0 Å². The zero-order chi connectivity index (χ0) is 17.6. The number of amides is 1. The highest BCUT2D eigenvalue weighted by atomic mass is 16.2. The molecule has 0 N–H and O–H groups in total. The number of carbonyl (C=O) groups is 1. The second kappa shape index (κ2) is 6.58. The molecule has 4 rings (SSSR count). The SMILES string of the molecule is Cc1cc(N2CCC(N(C)C(=O)C3C4CCCCC43)CC2)nc(C)n1. The summed E-state index contributed by atoms with van der Waals surface area (Å²) in [5.41, 5.74) is 1.02. The highest BCUT2D eigenvalue weighted by molar-refractivity contribution is 5.82. The molecular weight excluding hydrogens is 312 g/mol. The van der Waals surface area contributed by atoms with Crippen LogP contribution in [-0.4, -0.2) is 47.0 Å². The molecule has 0 spiro atoms. The van der Waals surface area contributed by atoms with Gasteiger partial charge in [-0.15, -0.1) is 0 Å². The molecular formula is C20H30N4O. The second-order valence-electron chi connectivity index (χ2n) is 8.22. The molecule has 2 aliphatic carbocycles. The monoisotopic (exact) mass is 342 g/mol. The first kappa shape index (κ1) is 16.8. The van der Waals surface area contributed by atoms with Crippen LogP contribution in [0, 0.1) is 31.6 Å². The van der Waals surface area contributed by atoms with Crippen LogP contribution in [0.2, 0.25) is 0 Å². The van der Waals surface area contributed by atoms with Gasteiger partial charge in [0.25, 0.3) is 0 Å². The van der Waals surface area contributed by atoms with Crippen molar-refractivity contribution in [3.63, 3.8) is 0 Å². The molecule has 0 aromatic carbocycles. The van der Waals surface area contributed by atoms with Gasteiger partial charge in [0.15, 0.2) is 0 Å². The highest BCUT2D eigenvalue weighted by Crippen LogP contribution is 2.56. The van der Waals surface area contributed by atoms with E-state index in [4.69, 9.17) is 0 Å². The number of hydrogen-bond donors (Lipinski definition) is 0. The zero-order valence-corrected chi connectivity index (χ0v) is 15.7. The molecule has 3 fully saturated rings. The van der Waals surface area contributed by atoms with Gasteiger partial charge < -0.3 is 9.80 Å². The summed E-state index contributed by atoms with van der Waals surface area (Å²) in [7, 11) is 2.03. The number of carbonyl (C=O) groups excluding carboxylic acids is 1. The van der Waals surface area contributed by atoms with Crippen molar-refractivity contribution >= 4 is 11.7 Å². The van der Waals surface area contributed by atoms with Crippen LogP contribution in [0.15, 0.2) is 6.07 Å². The molecule has 1 aromatic heterocycles. The first-order chi connectivity index (χ1) is 12.0. The van der Waals surface area contributed by atoms with Crippen LogP contribution in [-0.2, 0) is 4.79 Å². The van der Waals surface area contributed by atoms with Crippen molar-refractivity contribution in [3.05, 3.63) is 17.6 Å². The fourth-order valence-electron chi connectivity index (χ4n) is 5.12. The van der Waals surface area contributed by atoms with Crippen molar-refractivity contribution in [1.82, 2.24) is 14.9 Å². The largest absolute Gasteiger partial charge is 0.356 e. The molecule has 1 amide bonds. The molecule has 1 aromatic rings. The molecule has 0 bridgehead atoms. The second-order valence-corrected chi connectivity index (χ2v) is 8.22. The van der Waals surface area contributed by atoms with Crippen LogP contribution in [0.3, 0.4) is 0 Å². The maximum atomic E-state index is 12.9. The molecule has 1 saturated heterocycles. The van der Waals surface area contributed by atoms with Crippen LogP contribution in [0.25, 0.3) is 0 Å². The van der Waals surface area contributed by atoms with Gasteiger partial charge in [0.2, 0.25) is 5.91 Å². The summed E-state index contributed by atoms with van der Waals surface area (Å²) in [4.78, 5) is 26.3. The Morgan fingerprint density at radius 2 is 1.72 bits per heavy atom. The number of aryl methyl sites for hydroxylation is 2. The van der Waals surface area contributed by atoms with Crippen molar-refractivity contribution in [2.75, 3.05) is 25.0 Å². The van der Waals surface area contributed by atoms with Gasteiger partial charge in [-0.25, -0.2) is 9.97 Å². The Labute approximate surface area is 150 Å². The third-order valence-corrected chi connectivity index (χ3v) is 6.58. The van der Waals surface area contributed by atoms with Gasteiger partial charge in [-0.3, -0.25) is 4.79 Å². The van der Waals surface area contributed by atoms with E-state index in [-0.39, 0.29) is 0 Å². The molecule has 25 heavy (non-hydrogen) atoms. The molecule has 0 radical (unpaired) electrons. The molecule has 5 heteroatoms. The summed E-state index contributed by atoms with van der Waals surface area (Å²) >= 11 is 0. The van der Waals surface area contributed by atoms with Crippen molar-refractivity contribution in [1.29, 1.82) is 0 Å². The molecule has 1 aliphatic heterocycles. The predicted octanol–water partition coefficient (Wildman–Crippen LogP) is 2.96.